The molecule has 0 spiro atoms. The van der Waals surface area contributed by atoms with Crippen LogP contribution in [0.15, 0.2) is 18.3 Å². The van der Waals surface area contributed by atoms with E-state index in [1.54, 1.807) is 0 Å². The van der Waals surface area contributed by atoms with E-state index in [2.05, 4.69) is 29.5 Å². The van der Waals surface area contributed by atoms with Crippen molar-refractivity contribution in [3.63, 3.8) is 0 Å². The Hall–Kier alpha value is -1.47. The summed E-state index contributed by atoms with van der Waals surface area (Å²) in [7, 11) is 0. The van der Waals surface area contributed by atoms with E-state index in [4.69, 9.17) is 5.11 Å². The Kier molecular flexibility index (Phi) is 4.02. The Labute approximate surface area is 87.6 Å². The van der Waals surface area contributed by atoms with Gasteiger partial charge in [0.15, 0.2) is 0 Å². The van der Waals surface area contributed by atoms with Gasteiger partial charge in [-0.3, -0.25) is 0 Å². The van der Waals surface area contributed by atoms with Crippen LogP contribution in [0.1, 0.15) is 22.5 Å². The van der Waals surface area contributed by atoms with Crippen LogP contribution in [0.2, 0.25) is 0 Å². The molecule has 0 unspecified atom stereocenters. The second kappa shape index (κ2) is 5.30. The van der Waals surface area contributed by atoms with Gasteiger partial charge in [-0.25, -0.2) is 9.78 Å². The standard InChI is InChI=1S/C10H9NO2S/c12-10(13)8-4-5-11-9(7-8)3-1-2-6-14/h4-5,7,14H,2,6H2,(H,12,13). The third-order valence-electron chi connectivity index (χ3n) is 1.46. The zero-order chi connectivity index (χ0) is 10.4. The maximum atomic E-state index is 10.6. The Balaban J connectivity index is 2.85. The number of aromatic carboxylic acids is 1. The number of pyridine rings is 1. The molecule has 0 amide bonds. The minimum absolute atomic E-state index is 0.204. The van der Waals surface area contributed by atoms with E-state index in [1.165, 1.54) is 18.3 Å². The molecule has 0 atom stereocenters. The number of carboxylic acids is 1. The van der Waals surface area contributed by atoms with Crippen LogP contribution in [0.25, 0.3) is 0 Å². The molecule has 0 bridgehead atoms. The summed E-state index contributed by atoms with van der Waals surface area (Å²) in [5, 5.41) is 8.69. The Bertz CT molecular complexity index is 393. The van der Waals surface area contributed by atoms with Gasteiger partial charge in [0.05, 0.1) is 5.56 Å². The second-order valence-electron chi connectivity index (χ2n) is 2.51. The lowest BCUT2D eigenvalue weighted by atomic mass is 10.2. The molecule has 0 aromatic carbocycles. The lowest BCUT2D eigenvalue weighted by Gasteiger charge is -1.93. The number of carboxylic acid groups (broad SMARTS) is 1. The average Bonchev–Trinajstić information content (AvgIpc) is 2.19. The smallest absolute Gasteiger partial charge is 0.335 e. The summed E-state index contributed by atoms with van der Waals surface area (Å²) < 4.78 is 0. The predicted octanol–water partition coefficient (Wildman–Crippen LogP) is 1.45. The quantitative estimate of drug-likeness (QED) is 0.570. The van der Waals surface area contributed by atoms with Gasteiger partial charge >= 0.3 is 5.97 Å². The van der Waals surface area contributed by atoms with Gasteiger partial charge in [0, 0.05) is 18.4 Å². The molecule has 4 heteroatoms. The molecule has 0 aliphatic rings. The molecule has 1 rings (SSSR count). The predicted molar refractivity (Wildman–Crippen MR) is 56.5 cm³/mol. The van der Waals surface area contributed by atoms with Crippen molar-refractivity contribution in [3.05, 3.63) is 29.6 Å². The molecule has 1 aromatic rings. The van der Waals surface area contributed by atoms with Gasteiger partial charge in [0.25, 0.3) is 0 Å². The number of thiol groups is 1. The third kappa shape index (κ3) is 3.11. The van der Waals surface area contributed by atoms with Gasteiger partial charge in [-0.05, 0) is 18.1 Å². The highest BCUT2D eigenvalue weighted by Crippen LogP contribution is 2.00. The van der Waals surface area contributed by atoms with Crippen molar-refractivity contribution >= 4 is 18.6 Å². The van der Waals surface area contributed by atoms with Crippen molar-refractivity contribution < 1.29 is 9.90 Å². The fraction of sp³-hybridized carbons (Fsp3) is 0.200. The molecule has 0 saturated heterocycles. The summed E-state index contributed by atoms with van der Waals surface area (Å²) in [6, 6.07) is 2.89. The van der Waals surface area contributed by atoms with Crippen LogP contribution in [0.5, 0.6) is 0 Å². The molecule has 3 nitrogen and oxygen atoms in total. The molecular weight excluding hydrogens is 198 g/mol. The first-order valence-corrected chi connectivity index (χ1v) is 4.66. The van der Waals surface area contributed by atoms with Crippen molar-refractivity contribution in [2.45, 2.75) is 6.42 Å². The highest BCUT2D eigenvalue weighted by molar-refractivity contribution is 7.80. The molecule has 0 aliphatic heterocycles. The van der Waals surface area contributed by atoms with Gasteiger partial charge in [0.2, 0.25) is 0 Å². The fourth-order valence-corrected chi connectivity index (χ4v) is 0.953. The van der Waals surface area contributed by atoms with E-state index in [0.717, 1.165) is 0 Å². The van der Waals surface area contributed by atoms with E-state index >= 15 is 0 Å². The molecule has 1 aromatic heterocycles. The van der Waals surface area contributed by atoms with Gasteiger partial charge in [-0.2, -0.15) is 12.6 Å². The Morgan fingerprint density at radius 3 is 3.07 bits per heavy atom. The normalized spacial score (nSPS) is 8.93. The van der Waals surface area contributed by atoms with Crippen molar-refractivity contribution in [1.82, 2.24) is 4.98 Å². The molecule has 1 N–H and O–H groups in total. The Morgan fingerprint density at radius 1 is 1.64 bits per heavy atom. The zero-order valence-electron chi connectivity index (χ0n) is 7.40. The SMILES string of the molecule is O=C(O)c1ccnc(C#CCCS)c1. The number of carbonyl (C=O) groups is 1. The number of rotatable bonds is 2. The Morgan fingerprint density at radius 2 is 2.43 bits per heavy atom. The molecule has 0 fully saturated rings. The van der Waals surface area contributed by atoms with E-state index in [9.17, 15) is 4.79 Å². The summed E-state index contributed by atoms with van der Waals surface area (Å²) in [5.74, 6) is 5.32. The zero-order valence-corrected chi connectivity index (χ0v) is 8.29. The lowest BCUT2D eigenvalue weighted by Crippen LogP contribution is -1.97. The fourth-order valence-electron chi connectivity index (χ4n) is 0.841. The molecular formula is C10H9NO2S. The minimum Gasteiger partial charge on any atom is -0.478 e. The number of nitrogens with zero attached hydrogens (tertiary/aromatic N) is 1. The third-order valence-corrected chi connectivity index (χ3v) is 1.68. The molecule has 14 heavy (non-hydrogen) atoms. The first-order valence-electron chi connectivity index (χ1n) is 4.03. The van der Waals surface area contributed by atoms with Crippen LogP contribution < -0.4 is 0 Å². The number of hydrogen-bond acceptors (Lipinski definition) is 3. The van der Waals surface area contributed by atoms with Gasteiger partial charge in [-0.1, -0.05) is 5.92 Å². The van der Waals surface area contributed by atoms with Gasteiger partial charge in [-0.15, -0.1) is 0 Å². The average molecular weight is 207 g/mol. The summed E-state index contributed by atoms with van der Waals surface area (Å²) >= 11 is 4.00. The van der Waals surface area contributed by atoms with Crippen molar-refractivity contribution in [2.75, 3.05) is 5.75 Å². The van der Waals surface area contributed by atoms with E-state index in [1.807, 2.05) is 0 Å². The summed E-state index contributed by atoms with van der Waals surface area (Å²) in [6.07, 6.45) is 2.11. The highest BCUT2D eigenvalue weighted by atomic mass is 32.1. The number of hydrogen-bond donors (Lipinski definition) is 2. The van der Waals surface area contributed by atoms with Crippen molar-refractivity contribution in [2.24, 2.45) is 0 Å². The first-order chi connectivity index (χ1) is 6.74. The number of aromatic nitrogens is 1. The summed E-state index contributed by atoms with van der Waals surface area (Å²) in [5.41, 5.74) is 0.682. The van der Waals surface area contributed by atoms with E-state index in [0.29, 0.717) is 17.9 Å². The van der Waals surface area contributed by atoms with Gasteiger partial charge in [0.1, 0.15) is 5.69 Å². The monoisotopic (exact) mass is 207 g/mol. The van der Waals surface area contributed by atoms with Crippen LogP contribution in [-0.4, -0.2) is 21.8 Å². The molecule has 72 valence electrons. The largest absolute Gasteiger partial charge is 0.478 e. The first kappa shape index (κ1) is 10.6. The highest BCUT2D eigenvalue weighted by Gasteiger charge is 2.01. The van der Waals surface area contributed by atoms with Crippen LogP contribution in [0.3, 0.4) is 0 Å². The van der Waals surface area contributed by atoms with Crippen LogP contribution in [0, 0.1) is 11.8 Å². The second-order valence-corrected chi connectivity index (χ2v) is 2.96. The van der Waals surface area contributed by atoms with Crippen molar-refractivity contribution in [3.8, 4) is 11.8 Å². The minimum atomic E-state index is -0.968. The molecule has 0 aliphatic carbocycles. The molecule has 0 saturated carbocycles. The van der Waals surface area contributed by atoms with Crippen LogP contribution >= 0.6 is 12.6 Å². The van der Waals surface area contributed by atoms with Crippen molar-refractivity contribution in [1.29, 1.82) is 0 Å². The van der Waals surface area contributed by atoms with Gasteiger partial charge < -0.3 is 5.11 Å². The maximum Gasteiger partial charge on any atom is 0.335 e. The van der Waals surface area contributed by atoms with Crippen LogP contribution in [-0.2, 0) is 0 Å². The topological polar surface area (TPSA) is 50.2 Å². The van der Waals surface area contributed by atoms with Crippen LogP contribution in [0.4, 0.5) is 0 Å². The lowest BCUT2D eigenvalue weighted by molar-refractivity contribution is 0.0696. The maximum absolute atomic E-state index is 10.6. The molecule has 1 heterocycles. The summed E-state index contributed by atoms with van der Waals surface area (Å²) in [6.45, 7) is 0. The summed E-state index contributed by atoms with van der Waals surface area (Å²) in [4.78, 5) is 14.5. The van der Waals surface area contributed by atoms with E-state index in [-0.39, 0.29) is 5.56 Å². The molecule has 0 radical (unpaired) electrons. The van der Waals surface area contributed by atoms with E-state index < -0.39 is 5.97 Å².